The molecule has 1 unspecified atom stereocenters. The minimum atomic E-state index is -1.88. The molecule has 6 amide bonds. The van der Waals surface area contributed by atoms with Crippen molar-refractivity contribution in [2.45, 2.75) is 114 Å². The van der Waals surface area contributed by atoms with Crippen LogP contribution < -0.4 is 31.3 Å². The number of carbonyl (C=O) groups excluding carboxylic acids is 7. The number of esters is 1. The van der Waals surface area contributed by atoms with Gasteiger partial charge in [-0.1, -0.05) is 90.9 Å². The fourth-order valence-corrected chi connectivity index (χ4v) is 10.8. The van der Waals surface area contributed by atoms with E-state index >= 15 is 0 Å². The molecule has 6 N–H and O–H groups in total. The summed E-state index contributed by atoms with van der Waals surface area (Å²) in [7, 11) is 5.86. The maximum absolute atomic E-state index is 14.4. The number of carbonyl (C=O) groups is 7. The Labute approximate surface area is 475 Å². The Kier molecular flexibility index (Phi) is 20.6. The van der Waals surface area contributed by atoms with Crippen molar-refractivity contribution in [3.63, 3.8) is 0 Å². The average Bonchev–Trinajstić information content (AvgIpc) is 4.03. The van der Waals surface area contributed by atoms with E-state index < -0.39 is 108 Å². The SMILES string of the molecule is COc1cc2cc(c1Cl)N(C)C(=O)C[C@H](OC(=O)[C@H](C)N(C)C(=O)CCOCCOCCNC(=O)[C@H](CC(N)=O)NC(=O)OCC1c3ccccc3-c3ccccc31)[C@]1(C)OC1[C@H](C)[C@@H]1C[C@@](O)(NC(=O)O1)[C@H](OC)/C=C/C=C(\C)C2. The molecule has 0 saturated carbocycles. The lowest BCUT2D eigenvalue weighted by molar-refractivity contribution is -0.162. The molecule has 9 atom stereocenters. The average molecular weight is 1150 g/mol. The lowest BCUT2D eigenvalue weighted by atomic mass is 9.83. The number of hydrogen-bond acceptors (Lipinski definition) is 16. The number of nitrogens with one attached hydrogen (secondary N) is 3. The summed E-state index contributed by atoms with van der Waals surface area (Å²) in [5, 5.41) is 19.6. The first kappa shape index (κ1) is 61.5. The van der Waals surface area contributed by atoms with Crippen LogP contribution in [0, 0.1) is 5.92 Å². The van der Waals surface area contributed by atoms with Gasteiger partial charge in [-0.05, 0) is 67.1 Å². The molecule has 4 bridgehead atoms. The van der Waals surface area contributed by atoms with Gasteiger partial charge in [-0.15, -0.1) is 0 Å². The molecule has 2 saturated heterocycles. The van der Waals surface area contributed by atoms with E-state index in [0.29, 0.717) is 17.9 Å². The first-order valence-electron chi connectivity index (χ1n) is 26.8. The van der Waals surface area contributed by atoms with Crippen molar-refractivity contribution in [1.29, 1.82) is 0 Å². The number of amides is 6. The van der Waals surface area contributed by atoms with E-state index in [-0.39, 0.29) is 63.4 Å². The molecule has 1 aliphatic carbocycles. The Morgan fingerprint density at radius 3 is 2.32 bits per heavy atom. The third kappa shape index (κ3) is 14.9. The third-order valence-corrected chi connectivity index (χ3v) is 15.6. The number of alkyl carbamates (subject to hydrolysis) is 2. The standard InChI is InChI=1S/C58H73ClN6O16/c1-33-14-13-19-46(75-8)58(73)31-45(79-56(72)63-58)34(2)52-57(4,81-52)47(30-50(68)65(6)43-27-36(26-33)28-44(74-7)51(43)59)80-54(70)35(3)64(5)49(67)20-22-76-24-25-77-23-21-61-53(69)42(29-48(60)66)62-55(71)78-32-41-39-17-11-9-15-37(39)38-16-10-12-18-40(38)41/h9-19,27-28,34-35,41-42,45-47,52,73H,20-26,29-32H2,1-8H3,(H2,60,66)(H,61,69)(H,62,71)(H,63,72)/b19-13+,33-14+/t34-,35+,42+,45+,46-,47+,52?,57+,58+/m1/s1. The third-order valence-electron chi connectivity index (χ3n) is 15.3. The quantitative estimate of drug-likeness (QED) is 0.0438. The van der Waals surface area contributed by atoms with Gasteiger partial charge in [-0.3, -0.25) is 24.5 Å². The van der Waals surface area contributed by atoms with Crippen LogP contribution in [0.25, 0.3) is 11.1 Å². The van der Waals surface area contributed by atoms with Crippen LogP contribution >= 0.6 is 11.6 Å². The minimum absolute atomic E-state index is 0.00844. The normalized spacial score (nSPS) is 25.2. The zero-order chi connectivity index (χ0) is 58.8. The molecule has 3 aliphatic heterocycles. The van der Waals surface area contributed by atoms with Crippen LogP contribution in [0.15, 0.2) is 84.5 Å². The van der Waals surface area contributed by atoms with Gasteiger partial charge in [0.25, 0.3) is 0 Å². The highest BCUT2D eigenvalue weighted by atomic mass is 35.5. The van der Waals surface area contributed by atoms with Gasteiger partial charge in [-0.2, -0.15) is 0 Å². The molecule has 2 fully saturated rings. The van der Waals surface area contributed by atoms with Gasteiger partial charge in [0.15, 0.2) is 5.72 Å². The second-order valence-corrected chi connectivity index (χ2v) is 21.2. The van der Waals surface area contributed by atoms with Crippen LogP contribution in [0.1, 0.15) is 76.0 Å². The van der Waals surface area contributed by atoms with E-state index in [1.54, 1.807) is 45.2 Å². The molecular weight excluding hydrogens is 1070 g/mol. The molecule has 0 aromatic heterocycles. The fraction of sp³-hybridized carbons (Fsp3) is 0.500. The number of likely N-dealkylation sites (N-methyl/N-ethyl adjacent to an activating group) is 1. The van der Waals surface area contributed by atoms with Crippen molar-refractivity contribution in [3.05, 3.63) is 106 Å². The highest BCUT2D eigenvalue weighted by Gasteiger charge is 2.64. The lowest BCUT2D eigenvalue weighted by Crippen LogP contribution is -2.63. The minimum Gasteiger partial charge on any atom is -0.495 e. The van der Waals surface area contributed by atoms with Crippen LogP contribution in [0.5, 0.6) is 5.75 Å². The van der Waals surface area contributed by atoms with E-state index in [1.807, 2.05) is 61.5 Å². The van der Waals surface area contributed by atoms with Crippen molar-refractivity contribution in [1.82, 2.24) is 20.9 Å². The second-order valence-electron chi connectivity index (χ2n) is 20.9. The number of methoxy groups -OCH3 is 2. The first-order valence-corrected chi connectivity index (χ1v) is 27.1. The number of allylic oxidation sites excluding steroid dienone is 3. The van der Waals surface area contributed by atoms with Gasteiger partial charge < -0.3 is 69.2 Å². The summed E-state index contributed by atoms with van der Waals surface area (Å²) in [6.07, 6.45) is -1.11. The first-order chi connectivity index (χ1) is 38.6. The predicted octanol–water partition coefficient (Wildman–Crippen LogP) is 4.84. The summed E-state index contributed by atoms with van der Waals surface area (Å²) in [5.74, 6) is -3.72. The Bertz CT molecular complexity index is 2840. The van der Waals surface area contributed by atoms with E-state index in [9.17, 15) is 38.7 Å². The van der Waals surface area contributed by atoms with Crippen LogP contribution in [-0.4, -0.2) is 168 Å². The molecule has 4 aliphatic rings. The van der Waals surface area contributed by atoms with Crippen LogP contribution in [0.2, 0.25) is 5.02 Å². The van der Waals surface area contributed by atoms with Gasteiger partial charge >= 0.3 is 18.2 Å². The molecule has 3 aromatic rings. The maximum Gasteiger partial charge on any atom is 0.409 e. The zero-order valence-electron chi connectivity index (χ0n) is 46.8. The fourth-order valence-electron chi connectivity index (χ4n) is 10.4. The number of fused-ring (bicyclic) bond motifs is 8. The van der Waals surface area contributed by atoms with Gasteiger partial charge in [-0.25, -0.2) is 14.4 Å². The predicted molar refractivity (Wildman–Crippen MR) is 296 cm³/mol. The summed E-state index contributed by atoms with van der Waals surface area (Å²) in [6.45, 7) is 7.05. The largest absolute Gasteiger partial charge is 0.495 e. The molecule has 438 valence electrons. The highest BCUT2D eigenvalue weighted by Crippen LogP contribution is 2.50. The van der Waals surface area contributed by atoms with E-state index in [1.165, 1.54) is 38.0 Å². The van der Waals surface area contributed by atoms with E-state index in [2.05, 4.69) is 16.0 Å². The number of halogens is 1. The van der Waals surface area contributed by atoms with Gasteiger partial charge in [0.05, 0.1) is 64.6 Å². The summed E-state index contributed by atoms with van der Waals surface area (Å²) in [5.41, 5.74) is 8.34. The molecule has 0 radical (unpaired) electrons. The summed E-state index contributed by atoms with van der Waals surface area (Å²) in [4.78, 5) is 95.2. The number of epoxide rings is 1. The topological polar surface area (TPSA) is 285 Å². The number of primary amides is 1. The van der Waals surface area contributed by atoms with Crippen molar-refractivity contribution < 1.29 is 76.6 Å². The monoisotopic (exact) mass is 1140 g/mol. The lowest BCUT2D eigenvalue weighted by Gasteiger charge is -2.42. The number of hydrogen-bond donors (Lipinski definition) is 5. The molecule has 0 spiro atoms. The molecule has 3 heterocycles. The number of aliphatic hydroxyl groups is 1. The summed E-state index contributed by atoms with van der Waals surface area (Å²) in [6, 6.07) is 16.8. The number of ether oxygens (including phenoxy) is 8. The molecular formula is C58H73ClN6O16. The van der Waals surface area contributed by atoms with Crippen LogP contribution in [-0.2, 0) is 63.6 Å². The molecule has 81 heavy (non-hydrogen) atoms. The Morgan fingerprint density at radius 2 is 1.67 bits per heavy atom. The number of anilines is 1. The number of rotatable bonds is 20. The van der Waals surface area contributed by atoms with Crippen LogP contribution in [0.3, 0.4) is 0 Å². The molecule has 23 heteroatoms. The van der Waals surface area contributed by atoms with Crippen molar-refractivity contribution >= 4 is 59.1 Å². The molecule has 3 aromatic carbocycles. The maximum atomic E-state index is 14.4. The number of nitrogens with two attached hydrogens (primary N) is 1. The van der Waals surface area contributed by atoms with E-state index in [0.717, 1.165) is 33.4 Å². The molecule has 7 rings (SSSR count). The zero-order valence-corrected chi connectivity index (χ0v) is 47.6. The van der Waals surface area contributed by atoms with Gasteiger partial charge in [0, 0.05) is 46.0 Å². The van der Waals surface area contributed by atoms with Gasteiger partial charge in [0.2, 0.25) is 23.6 Å². The number of benzene rings is 3. The highest BCUT2D eigenvalue weighted by molar-refractivity contribution is 6.35. The second kappa shape index (κ2) is 27.1. The van der Waals surface area contributed by atoms with Crippen molar-refractivity contribution in [2.24, 2.45) is 11.7 Å². The van der Waals surface area contributed by atoms with Crippen molar-refractivity contribution in [2.75, 3.05) is 72.8 Å². The Hall–Kier alpha value is -7.08. The number of nitrogens with zero attached hydrogens (tertiary/aromatic N) is 2. The Balaban J connectivity index is 0.893. The Morgan fingerprint density at radius 1 is 1.00 bits per heavy atom. The molecule has 22 nitrogen and oxygen atoms in total. The van der Waals surface area contributed by atoms with E-state index in [4.69, 9.17) is 55.2 Å². The smallest absolute Gasteiger partial charge is 0.409 e. The summed E-state index contributed by atoms with van der Waals surface area (Å²) < 4.78 is 46.1. The van der Waals surface area contributed by atoms with Crippen molar-refractivity contribution in [3.8, 4) is 16.9 Å². The van der Waals surface area contributed by atoms with Gasteiger partial charge in [0.1, 0.15) is 53.4 Å². The summed E-state index contributed by atoms with van der Waals surface area (Å²) >= 11 is 6.82. The van der Waals surface area contributed by atoms with Crippen LogP contribution in [0.4, 0.5) is 15.3 Å².